The van der Waals surface area contributed by atoms with E-state index in [0.717, 1.165) is 0 Å². The van der Waals surface area contributed by atoms with E-state index in [2.05, 4.69) is 31.3 Å². The van der Waals surface area contributed by atoms with Crippen LogP contribution in [0.5, 0.6) is 0 Å². The highest BCUT2D eigenvalue weighted by Gasteiger charge is 2.09. The molecule has 1 aromatic heterocycles. The third-order valence-electron chi connectivity index (χ3n) is 2.20. The van der Waals surface area contributed by atoms with Crippen LogP contribution in [0, 0.1) is 0 Å². The van der Waals surface area contributed by atoms with Crippen molar-refractivity contribution in [2.45, 2.75) is 6.54 Å². The topological polar surface area (TPSA) is 97.1 Å². The van der Waals surface area contributed by atoms with Crippen molar-refractivity contribution in [2.75, 3.05) is 5.32 Å². The first kappa shape index (κ1) is 13.2. The lowest BCUT2D eigenvalue weighted by Crippen LogP contribution is -2.19. The van der Waals surface area contributed by atoms with Gasteiger partial charge < -0.3 is 10.4 Å². The molecule has 98 valence electrons. The third kappa shape index (κ3) is 3.62. The maximum Gasteiger partial charge on any atom is 0.335 e. The van der Waals surface area contributed by atoms with Gasteiger partial charge in [-0.25, -0.2) is 14.5 Å². The fourth-order valence-corrected chi connectivity index (χ4v) is 1.94. The molecule has 0 fully saturated rings. The molecule has 0 saturated carbocycles. The van der Waals surface area contributed by atoms with Crippen molar-refractivity contribution in [3.63, 3.8) is 0 Å². The minimum Gasteiger partial charge on any atom is -0.478 e. The summed E-state index contributed by atoms with van der Waals surface area (Å²) in [7, 11) is 0. The Morgan fingerprint density at radius 1 is 1.37 bits per heavy atom. The minimum absolute atomic E-state index is 0.00885. The number of amides is 1. The number of hydrogen-bond donors (Lipinski definition) is 2. The smallest absolute Gasteiger partial charge is 0.335 e. The lowest BCUT2D eigenvalue weighted by atomic mass is 10.2. The number of rotatable bonds is 4. The largest absolute Gasteiger partial charge is 0.478 e. The summed E-state index contributed by atoms with van der Waals surface area (Å²) in [4.78, 5) is 26.3. The first-order chi connectivity index (χ1) is 9.04. The first-order valence-corrected chi connectivity index (χ1v) is 6.00. The van der Waals surface area contributed by atoms with Crippen LogP contribution in [-0.4, -0.2) is 31.7 Å². The molecule has 2 N–H and O–H groups in total. The maximum atomic E-state index is 11.7. The summed E-state index contributed by atoms with van der Waals surface area (Å²) in [5, 5.41) is 15.3. The number of carbonyl (C=O) groups excluding carboxylic acids is 1. The van der Waals surface area contributed by atoms with Gasteiger partial charge in [-0.1, -0.05) is 15.9 Å². The van der Waals surface area contributed by atoms with Gasteiger partial charge in [0.15, 0.2) is 0 Å². The molecule has 19 heavy (non-hydrogen) atoms. The molecule has 8 heteroatoms. The predicted octanol–water partition coefficient (Wildman–Crippen LogP) is 1.38. The summed E-state index contributed by atoms with van der Waals surface area (Å²) in [6.07, 6.45) is 2.75. The van der Waals surface area contributed by atoms with Crippen molar-refractivity contribution >= 4 is 33.5 Å². The maximum absolute atomic E-state index is 11.7. The molecular formula is C11H9BrN4O3. The van der Waals surface area contributed by atoms with Crippen molar-refractivity contribution < 1.29 is 14.7 Å². The van der Waals surface area contributed by atoms with Gasteiger partial charge in [-0.3, -0.25) is 4.79 Å². The van der Waals surface area contributed by atoms with Crippen LogP contribution in [-0.2, 0) is 11.3 Å². The second-order valence-electron chi connectivity index (χ2n) is 3.67. The van der Waals surface area contributed by atoms with Crippen LogP contribution in [0.25, 0.3) is 0 Å². The molecule has 7 nitrogen and oxygen atoms in total. The zero-order valence-electron chi connectivity index (χ0n) is 9.58. The SMILES string of the molecule is O=C(Cn1cncn1)Nc1cc(Br)cc(C(=O)O)c1. The normalized spacial score (nSPS) is 10.2. The van der Waals surface area contributed by atoms with Crippen LogP contribution in [0.1, 0.15) is 10.4 Å². The fraction of sp³-hybridized carbons (Fsp3) is 0.0909. The van der Waals surface area contributed by atoms with Crippen LogP contribution in [0.15, 0.2) is 35.3 Å². The number of nitrogens with one attached hydrogen (secondary N) is 1. The lowest BCUT2D eigenvalue weighted by Gasteiger charge is -2.07. The van der Waals surface area contributed by atoms with Crippen molar-refractivity contribution in [3.05, 3.63) is 40.9 Å². The van der Waals surface area contributed by atoms with E-state index in [4.69, 9.17) is 5.11 Å². The molecular weight excluding hydrogens is 316 g/mol. The molecule has 0 spiro atoms. The van der Waals surface area contributed by atoms with E-state index in [1.54, 1.807) is 6.07 Å². The summed E-state index contributed by atoms with van der Waals surface area (Å²) in [5.41, 5.74) is 0.488. The average molecular weight is 325 g/mol. The Kier molecular flexibility index (Phi) is 3.91. The van der Waals surface area contributed by atoms with Crippen molar-refractivity contribution in [1.82, 2.24) is 14.8 Å². The molecule has 0 aliphatic rings. The van der Waals surface area contributed by atoms with E-state index >= 15 is 0 Å². The summed E-state index contributed by atoms with van der Waals surface area (Å²) in [6, 6.07) is 4.45. The van der Waals surface area contributed by atoms with Gasteiger partial charge in [0, 0.05) is 10.2 Å². The van der Waals surface area contributed by atoms with Gasteiger partial charge in [0.05, 0.1) is 5.56 Å². The number of halogens is 1. The zero-order valence-corrected chi connectivity index (χ0v) is 11.2. The molecule has 0 bridgehead atoms. The molecule has 1 amide bonds. The van der Waals surface area contributed by atoms with E-state index < -0.39 is 5.97 Å². The van der Waals surface area contributed by atoms with Gasteiger partial charge >= 0.3 is 5.97 Å². The van der Waals surface area contributed by atoms with E-state index in [0.29, 0.717) is 10.2 Å². The molecule has 2 rings (SSSR count). The van der Waals surface area contributed by atoms with E-state index in [9.17, 15) is 9.59 Å². The second-order valence-corrected chi connectivity index (χ2v) is 4.59. The molecule has 2 aromatic rings. The van der Waals surface area contributed by atoms with Gasteiger partial charge in [-0.2, -0.15) is 5.10 Å². The number of carboxylic acids is 1. The standard InChI is InChI=1S/C11H9BrN4O3/c12-8-1-7(11(18)19)2-9(3-8)15-10(17)4-16-6-13-5-14-16/h1-3,5-6H,4H2,(H,15,17)(H,18,19). The van der Waals surface area contributed by atoms with Gasteiger partial charge in [0.25, 0.3) is 0 Å². The van der Waals surface area contributed by atoms with E-state index in [-0.39, 0.29) is 18.0 Å². The fourth-order valence-electron chi connectivity index (χ4n) is 1.45. The van der Waals surface area contributed by atoms with E-state index in [1.165, 1.54) is 29.5 Å². The Morgan fingerprint density at radius 3 is 2.79 bits per heavy atom. The summed E-state index contributed by atoms with van der Waals surface area (Å²) < 4.78 is 1.94. The Bertz CT molecular complexity index is 612. The summed E-state index contributed by atoms with van der Waals surface area (Å²) >= 11 is 3.19. The van der Waals surface area contributed by atoms with Crippen molar-refractivity contribution in [1.29, 1.82) is 0 Å². The molecule has 0 aliphatic heterocycles. The number of aromatic nitrogens is 3. The van der Waals surface area contributed by atoms with Gasteiger partial charge in [-0.15, -0.1) is 0 Å². The molecule has 0 unspecified atom stereocenters. The lowest BCUT2D eigenvalue weighted by molar-refractivity contribution is -0.116. The van der Waals surface area contributed by atoms with Crippen LogP contribution in [0.4, 0.5) is 5.69 Å². The Labute approximate surface area is 116 Å². The van der Waals surface area contributed by atoms with Crippen molar-refractivity contribution in [3.8, 4) is 0 Å². The van der Waals surface area contributed by atoms with Gasteiger partial charge in [0.2, 0.25) is 5.91 Å². The quantitative estimate of drug-likeness (QED) is 0.885. The average Bonchev–Trinajstić information content (AvgIpc) is 2.80. The number of hydrogen-bond acceptors (Lipinski definition) is 4. The Hall–Kier alpha value is -2.22. The number of nitrogens with zero attached hydrogens (tertiary/aromatic N) is 3. The summed E-state index contributed by atoms with van der Waals surface area (Å²) in [6.45, 7) is 0.00885. The summed E-state index contributed by atoms with van der Waals surface area (Å²) in [5.74, 6) is -1.38. The predicted molar refractivity (Wildman–Crippen MR) is 69.8 cm³/mol. The number of carbonyl (C=O) groups is 2. The van der Waals surface area contributed by atoms with Crippen LogP contribution in [0.3, 0.4) is 0 Å². The highest BCUT2D eigenvalue weighted by atomic mass is 79.9. The molecule has 1 heterocycles. The minimum atomic E-state index is -1.06. The number of aromatic carboxylic acids is 1. The monoisotopic (exact) mass is 324 g/mol. The molecule has 0 saturated heterocycles. The van der Waals surface area contributed by atoms with Gasteiger partial charge in [0.1, 0.15) is 19.2 Å². The molecule has 0 atom stereocenters. The Morgan fingerprint density at radius 2 is 2.16 bits per heavy atom. The highest BCUT2D eigenvalue weighted by Crippen LogP contribution is 2.19. The number of anilines is 1. The molecule has 0 aliphatic carbocycles. The van der Waals surface area contributed by atoms with Crippen LogP contribution in [0.2, 0.25) is 0 Å². The second kappa shape index (κ2) is 5.61. The van der Waals surface area contributed by atoms with Crippen LogP contribution >= 0.6 is 15.9 Å². The first-order valence-electron chi connectivity index (χ1n) is 5.21. The Balaban J connectivity index is 2.10. The zero-order chi connectivity index (χ0) is 13.8. The van der Waals surface area contributed by atoms with Gasteiger partial charge in [-0.05, 0) is 18.2 Å². The third-order valence-corrected chi connectivity index (χ3v) is 2.66. The molecule has 0 radical (unpaired) electrons. The number of carboxylic acid groups (broad SMARTS) is 1. The molecule has 1 aromatic carbocycles. The highest BCUT2D eigenvalue weighted by molar-refractivity contribution is 9.10. The van der Waals surface area contributed by atoms with E-state index in [1.807, 2.05) is 0 Å². The number of benzene rings is 1. The van der Waals surface area contributed by atoms with Crippen molar-refractivity contribution in [2.24, 2.45) is 0 Å². The van der Waals surface area contributed by atoms with Crippen LogP contribution < -0.4 is 5.32 Å².